The van der Waals surface area contributed by atoms with E-state index >= 15 is 0 Å². The quantitative estimate of drug-likeness (QED) is 0.199. The van der Waals surface area contributed by atoms with E-state index in [1.165, 1.54) is 7.11 Å². The van der Waals surface area contributed by atoms with Crippen molar-refractivity contribution >= 4 is 29.2 Å². The molecule has 1 N–H and O–H groups in total. The summed E-state index contributed by atoms with van der Waals surface area (Å²) in [7, 11) is 3.12. The van der Waals surface area contributed by atoms with Crippen LogP contribution in [0.1, 0.15) is 34.4 Å². The third kappa shape index (κ3) is 6.16. The molecular formula is C32H30Cl2N2O6. The average Bonchev–Trinajstić information content (AvgIpc) is 3.48. The number of methoxy groups -OCH3 is 2. The molecule has 1 unspecified atom stereocenters. The summed E-state index contributed by atoms with van der Waals surface area (Å²) >= 11 is 12.5. The van der Waals surface area contributed by atoms with Crippen LogP contribution in [0.3, 0.4) is 0 Å². The molecule has 8 nitrogen and oxygen atoms in total. The smallest absolute Gasteiger partial charge is 0.348 e. The maximum absolute atomic E-state index is 13.2. The van der Waals surface area contributed by atoms with E-state index in [2.05, 4.69) is 9.97 Å². The second kappa shape index (κ2) is 13.0. The first kappa shape index (κ1) is 29.6. The molecule has 1 aliphatic rings. The molecule has 1 aromatic heterocycles. The maximum Gasteiger partial charge on any atom is 0.348 e. The van der Waals surface area contributed by atoms with Crippen molar-refractivity contribution in [3.05, 3.63) is 111 Å². The number of rotatable bonds is 12. The van der Waals surface area contributed by atoms with Gasteiger partial charge < -0.3 is 24.1 Å². The highest BCUT2D eigenvalue weighted by atomic mass is 35.5. The van der Waals surface area contributed by atoms with Crippen molar-refractivity contribution < 1.29 is 28.8 Å². The zero-order chi connectivity index (χ0) is 29.7. The van der Waals surface area contributed by atoms with Crippen LogP contribution in [0.25, 0.3) is 0 Å². The lowest BCUT2D eigenvalue weighted by Gasteiger charge is -2.39. The van der Waals surface area contributed by atoms with Gasteiger partial charge in [0.1, 0.15) is 5.75 Å². The van der Waals surface area contributed by atoms with Crippen molar-refractivity contribution in [3.8, 4) is 17.6 Å². The number of carbonyl (C=O) groups is 1. The van der Waals surface area contributed by atoms with Crippen LogP contribution < -0.4 is 14.2 Å². The van der Waals surface area contributed by atoms with Gasteiger partial charge in [-0.25, -0.2) is 4.79 Å². The second-order valence-electron chi connectivity index (χ2n) is 9.83. The predicted octanol–water partition coefficient (Wildman–Crippen LogP) is 6.32. The summed E-state index contributed by atoms with van der Waals surface area (Å²) in [4.78, 5) is 22.2. The fourth-order valence-electron chi connectivity index (χ4n) is 5.28. The number of carboxylic acid groups (broad SMARTS) is 1. The van der Waals surface area contributed by atoms with E-state index in [-0.39, 0.29) is 12.6 Å². The van der Waals surface area contributed by atoms with Gasteiger partial charge in [0.05, 0.1) is 26.5 Å². The van der Waals surface area contributed by atoms with E-state index in [1.807, 2.05) is 24.3 Å². The van der Waals surface area contributed by atoms with Crippen molar-refractivity contribution in [3.63, 3.8) is 0 Å². The Morgan fingerprint density at radius 2 is 1.60 bits per heavy atom. The number of aliphatic carboxylic acids is 1. The highest BCUT2D eigenvalue weighted by molar-refractivity contribution is 6.30. The molecule has 0 fully saturated rings. The van der Waals surface area contributed by atoms with Gasteiger partial charge in [-0.05, 0) is 78.8 Å². The van der Waals surface area contributed by atoms with E-state index in [1.54, 1.807) is 55.6 Å². The molecule has 42 heavy (non-hydrogen) atoms. The van der Waals surface area contributed by atoms with E-state index in [9.17, 15) is 9.90 Å². The van der Waals surface area contributed by atoms with Crippen LogP contribution >= 0.6 is 23.2 Å². The summed E-state index contributed by atoms with van der Waals surface area (Å²) in [6, 6.07) is 21.1. The number of nitrogens with zero attached hydrogens (tertiary/aromatic N) is 2. The summed E-state index contributed by atoms with van der Waals surface area (Å²) in [6.07, 6.45) is 1.26. The summed E-state index contributed by atoms with van der Waals surface area (Å²) in [6.45, 7) is 0.139. The standard InChI is InChI=1S/C32H30Cl2N2O6/c1-39-25-6-3-5-20(19-25)17-18-41-32(21-9-13-23(33)14-10-21,22-11-15-24(34)16-12-22)28(30(37)38)42-31-35-27-8-4-7-26(27)29(36-31)40-2/h3,5-6,9-16,19,28H,4,7-8,17-18H2,1-2H3,(H,37,38). The lowest BCUT2D eigenvalue weighted by Crippen LogP contribution is -2.51. The monoisotopic (exact) mass is 608 g/mol. The zero-order valence-corrected chi connectivity index (χ0v) is 24.7. The molecule has 4 aromatic rings. The van der Waals surface area contributed by atoms with E-state index in [4.69, 9.17) is 42.1 Å². The van der Waals surface area contributed by atoms with Crippen LogP contribution in [0.5, 0.6) is 17.6 Å². The fourth-order valence-corrected chi connectivity index (χ4v) is 5.53. The second-order valence-corrected chi connectivity index (χ2v) is 10.7. The summed E-state index contributed by atoms with van der Waals surface area (Å²) < 4.78 is 23.8. The van der Waals surface area contributed by atoms with Crippen molar-refractivity contribution in [2.75, 3.05) is 20.8 Å². The predicted molar refractivity (Wildman–Crippen MR) is 159 cm³/mol. The van der Waals surface area contributed by atoms with Crippen molar-refractivity contribution in [2.45, 2.75) is 37.4 Å². The first-order valence-electron chi connectivity index (χ1n) is 13.5. The SMILES string of the molecule is COc1cccc(CCOC(c2ccc(Cl)cc2)(c2ccc(Cl)cc2)C(Oc2nc3c(c(OC)n2)CCC3)C(=O)O)c1. The van der Waals surface area contributed by atoms with Crippen molar-refractivity contribution in [2.24, 2.45) is 0 Å². The first-order valence-corrected chi connectivity index (χ1v) is 14.2. The molecule has 218 valence electrons. The molecule has 10 heteroatoms. The highest BCUT2D eigenvalue weighted by Crippen LogP contribution is 2.41. The normalized spacial score (nSPS) is 13.3. The highest BCUT2D eigenvalue weighted by Gasteiger charge is 2.50. The Balaban J connectivity index is 1.62. The largest absolute Gasteiger partial charge is 0.497 e. The van der Waals surface area contributed by atoms with Crippen LogP contribution in [0.15, 0.2) is 72.8 Å². The van der Waals surface area contributed by atoms with Crippen molar-refractivity contribution in [1.29, 1.82) is 0 Å². The van der Waals surface area contributed by atoms with Crippen LogP contribution in [-0.2, 0) is 34.4 Å². The van der Waals surface area contributed by atoms with Gasteiger partial charge in [-0.2, -0.15) is 9.97 Å². The number of ether oxygens (including phenoxy) is 4. The van der Waals surface area contributed by atoms with Gasteiger partial charge >= 0.3 is 12.0 Å². The minimum absolute atomic E-state index is 0.108. The molecule has 0 amide bonds. The molecule has 0 aliphatic heterocycles. The Morgan fingerprint density at radius 1 is 0.929 bits per heavy atom. The van der Waals surface area contributed by atoms with Gasteiger partial charge in [0, 0.05) is 15.6 Å². The van der Waals surface area contributed by atoms with Gasteiger partial charge in [0.2, 0.25) is 12.0 Å². The Bertz CT molecular complexity index is 1500. The molecule has 0 bridgehead atoms. The number of hydrogen-bond donors (Lipinski definition) is 1. The minimum Gasteiger partial charge on any atom is -0.497 e. The number of aromatic nitrogens is 2. The number of aryl methyl sites for hydroxylation is 1. The number of fused-ring (bicyclic) bond motifs is 1. The average molecular weight is 610 g/mol. The van der Waals surface area contributed by atoms with E-state index < -0.39 is 17.7 Å². The molecule has 5 rings (SSSR count). The van der Waals surface area contributed by atoms with Gasteiger partial charge in [0.15, 0.2) is 5.60 Å². The third-order valence-electron chi connectivity index (χ3n) is 7.29. The molecule has 1 atom stereocenters. The third-order valence-corrected chi connectivity index (χ3v) is 7.79. The van der Waals surface area contributed by atoms with Gasteiger partial charge in [-0.15, -0.1) is 0 Å². The molecular weight excluding hydrogens is 579 g/mol. The summed E-state index contributed by atoms with van der Waals surface area (Å²) in [5.74, 6) is -0.188. The van der Waals surface area contributed by atoms with Crippen LogP contribution in [0, 0.1) is 0 Å². The Hall–Kier alpha value is -3.85. The zero-order valence-electron chi connectivity index (χ0n) is 23.2. The van der Waals surface area contributed by atoms with Gasteiger partial charge in [-0.1, -0.05) is 59.6 Å². The van der Waals surface area contributed by atoms with Crippen LogP contribution in [-0.4, -0.2) is 48.0 Å². The fraction of sp³-hybridized carbons (Fsp3) is 0.281. The van der Waals surface area contributed by atoms with Gasteiger partial charge in [0.25, 0.3) is 0 Å². The summed E-state index contributed by atoms with van der Waals surface area (Å²) in [5.41, 5.74) is 2.02. The molecule has 0 spiro atoms. The summed E-state index contributed by atoms with van der Waals surface area (Å²) in [5, 5.41) is 11.7. The van der Waals surface area contributed by atoms with Crippen LogP contribution in [0.4, 0.5) is 0 Å². The number of benzene rings is 3. The molecule has 1 aliphatic carbocycles. The lowest BCUT2D eigenvalue weighted by molar-refractivity contribution is -0.164. The number of carboxylic acids is 1. The minimum atomic E-state index is -1.66. The topological polar surface area (TPSA) is 100 Å². The molecule has 1 heterocycles. The van der Waals surface area contributed by atoms with E-state index in [0.29, 0.717) is 39.2 Å². The van der Waals surface area contributed by atoms with E-state index in [0.717, 1.165) is 36.1 Å². The maximum atomic E-state index is 13.2. The van der Waals surface area contributed by atoms with Crippen LogP contribution in [0.2, 0.25) is 10.0 Å². The molecule has 0 radical (unpaired) electrons. The first-order chi connectivity index (χ1) is 20.3. The Kier molecular flexibility index (Phi) is 9.16. The molecule has 0 saturated carbocycles. The lowest BCUT2D eigenvalue weighted by atomic mass is 9.81. The Labute approximate surface area is 254 Å². The Morgan fingerprint density at radius 3 is 2.19 bits per heavy atom. The number of halogens is 2. The van der Waals surface area contributed by atoms with Crippen molar-refractivity contribution in [1.82, 2.24) is 9.97 Å². The molecule has 3 aromatic carbocycles. The molecule has 0 saturated heterocycles. The number of hydrogen-bond acceptors (Lipinski definition) is 7. The van der Waals surface area contributed by atoms with Gasteiger partial charge in [-0.3, -0.25) is 0 Å².